The molecule has 1 fully saturated rings. The molecule has 82 valence electrons. The third kappa shape index (κ3) is 2.26. The summed E-state index contributed by atoms with van der Waals surface area (Å²) >= 11 is 0. The van der Waals surface area contributed by atoms with E-state index in [0.29, 0.717) is 12.0 Å². The third-order valence-electron chi connectivity index (χ3n) is 3.17. The summed E-state index contributed by atoms with van der Waals surface area (Å²) in [5.74, 6) is 1.63. The normalized spacial score (nSPS) is 26.7. The van der Waals surface area contributed by atoms with Crippen LogP contribution in [0.1, 0.15) is 19.8 Å². The standard InChI is InChI=1S/C11H18N4/c1-9-2-3-10(6-12)7-15(9)11-4-5-13-8-14-11/h4-5,8-10H,2-3,6-7,12H2,1H3. The third-order valence-corrected chi connectivity index (χ3v) is 3.17. The second kappa shape index (κ2) is 4.57. The van der Waals surface area contributed by atoms with Gasteiger partial charge in [0.25, 0.3) is 0 Å². The van der Waals surface area contributed by atoms with Crippen LogP contribution in [-0.2, 0) is 0 Å². The van der Waals surface area contributed by atoms with Crippen LogP contribution >= 0.6 is 0 Å². The Morgan fingerprint density at radius 3 is 3.07 bits per heavy atom. The Labute approximate surface area is 90.5 Å². The van der Waals surface area contributed by atoms with Crippen LogP contribution < -0.4 is 10.6 Å². The monoisotopic (exact) mass is 206 g/mol. The summed E-state index contributed by atoms with van der Waals surface area (Å²) in [6.45, 7) is 4.04. The molecule has 0 spiro atoms. The molecule has 0 amide bonds. The van der Waals surface area contributed by atoms with Crippen LogP contribution in [0.4, 0.5) is 5.82 Å². The quantitative estimate of drug-likeness (QED) is 0.785. The molecule has 15 heavy (non-hydrogen) atoms. The molecule has 0 saturated carbocycles. The topological polar surface area (TPSA) is 55.0 Å². The molecule has 4 nitrogen and oxygen atoms in total. The van der Waals surface area contributed by atoms with Crippen molar-refractivity contribution in [3.05, 3.63) is 18.6 Å². The average molecular weight is 206 g/mol. The minimum absolute atomic E-state index is 0.558. The second-order valence-electron chi connectivity index (χ2n) is 4.25. The minimum atomic E-state index is 0.558. The first-order valence-electron chi connectivity index (χ1n) is 5.54. The van der Waals surface area contributed by atoms with Crippen molar-refractivity contribution in [3.63, 3.8) is 0 Å². The second-order valence-corrected chi connectivity index (χ2v) is 4.25. The lowest BCUT2D eigenvalue weighted by Gasteiger charge is -2.38. The highest BCUT2D eigenvalue weighted by atomic mass is 15.2. The van der Waals surface area contributed by atoms with Gasteiger partial charge in [-0.25, -0.2) is 9.97 Å². The molecule has 2 N–H and O–H groups in total. The smallest absolute Gasteiger partial charge is 0.132 e. The Kier molecular flexibility index (Phi) is 3.16. The maximum absolute atomic E-state index is 5.73. The molecule has 1 aromatic heterocycles. The lowest BCUT2D eigenvalue weighted by Crippen LogP contribution is -2.44. The SMILES string of the molecule is CC1CCC(CN)CN1c1ccncn1. The van der Waals surface area contributed by atoms with E-state index >= 15 is 0 Å². The maximum atomic E-state index is 5.73. The van der Waals surface area contributed by atoms with Gasteiger partial charge in [-0.15, -0.1) is 0 Å². The molecule has 2 atom stereocenters. The van der Waals surface area contributed by atoms with Crippen molar-refractivity contribution in [2.45, 2.75) is 25.8 Å². The Balaban J connectivity index is 2.13. The van der Waals surface area contributed by atoms with Gasteiger partial charge in [0.1, 0.15) is 12.1 Å². The van der Waals surface area contributed by atoms with Crippen LogP contribution in [0, 0.1) is 5.92 Å². The van der Waals surface area contributed by atoms with Gasteiger partial charge in [-0.3, -0.25) is 0 Å². The molecular formula is C11H18N4. The molecule has 4 heteroatoms. The number of anilines is 1. The number of piperidine rings is 1. The summed E-state index contributed by atoms with van der Waals surface area (Å²) < 4.78 is 0. The zero-order valence-corrected chi connectivity index (χ0v) is 9.13. The molecule has 0 aliphatic carbocycles. The van der Waals surface area contributed by atoms with E-state index in [0.717, 1.165) is 18.9 Å². The fourth-order valence-electron chi connectivity index (χ4n) is 2.15. The Hall–Kier alpha value is -1.16. The Bertz CT molecular complexity index is 301. The molecule has 0 aromatic carbocycles. The van der Waals surface area contributed by atoms with Crippen LogP contribution in [0.2, 0.25) is 0 Å². The molecular weight excluding hydrogens is 188 g/mol. The van der Waals surface area contributed by atoms with E-state index in [1.54, 1.807) is 12.5 Å². The highest BCUT2D eigenvalue weighted by Crippen LogP contribution is 2.25. The van der Waals surface area contributed by atoms with Crippen LogP contribution in [-0.4, -0.2) is 29.1 Å². The summed E-state index contributed by atoms with van der Waals surface area (Å²) in [7, 11) is 0. The summed E-state index contributed by atoms with van der Waals surface area (Å²) in [5.41, 5.74) is 5.73. The number of rotatable bonds is 2. The summed E-state index contributed by atoms with van der Waals surface area (Å²) in [5, 5.41) is 0. The predicted molar refractivity (Wildman–Crippen MR) is 60.6 cm³/mol. The molecule has 2 unspecified atom stereocenters. The van der Waals surface area contributed by atoms with Gasteiger partial charge in [0.15, 0.2) is 0 Å². The molecule has 2 rings (SSSR count). The molecule has 1 aliphatic rings. The molecule has 0 radical (unpaired) electrons. The zero-order valence-electron chi connectivity index (χ0n) is 9.13. The van der Waals surface area contributed by atoms with Gasteiger partial charge in [0, 0.05) is 18.8 Å². The van der Waals surface area contributed by atoms with Gasteiger partial charge in [-0.1, -0.05) is 0 Å². The summed E-state index contributed by atoms with van der Waals surface area (Å²) in [4.78, 5) is 10.6. The predicted octanol–water partition coefficient (Wildman–Crippen LogP) is 1.04. The molecule has 0 bridgehead atoms. The van der Waals surface area contributed by atoms with Crippen LogP contribution in [0.15, 0.2) is 18.6 Å². The molecule has 1 aliphatic heterocycles. The Morgan fingerprint density at radius 1 is 1.53 bits per heavy atom. The average Bonchev–Trinajstić information content (AvgIpc) is 2.31. The van der Waals surface area contributed by atoms with E-state index in [4.69, 9.17) is 5.73 Å². The Morgan fingerprint density at radius 2 is 2.40 bits per heavy atom. The lowest BCUT2D eigenvalue weighted by atomic mass is 9.93. The van der Waals surface area contributed by atoms with Gasteiger partial charge in [-0.05, 0) is 38.3 Å². The number of hydrogen-bond donors (Lipinski definition) is 1. The first-order chi connectivity index (χ1) is 7.31. The largest absolute Gasteiger partial charge is 0.353 e. The summed E-state index contributed by atoms with van der Waals surface area (Å²) in [6, 6.07) is 2.53. The van der Waals surface area contributed by atoms with Gasteiger partial charge in [-0.2, -0.15) is 0 Å². The fourth-order valence-corrected chi connectivity index (χ4v) is 2.15. The number of aromatic nitrogens is 2. The van der Waals surface area contributed by atoms with E-state index in [-0.39, 0.29) is 0 Å². The highest BCUT2D eigenvalue weighted by molar-refractivity contribution is 5.38. The van der Waals surface area contributed by atoms with Crippen molar-refractivity contribution < 1.29 is 0 Å². The van der Waals surface area contributed by atoms with E-state index in [1.807, 2.05) is 6.07 Å². The van der Waals surface area contributed by atoms with Crippen molar-refractivity contribution >= 4 is 5.82 Å². The first kappa shape index (κ1) is 10.4. The van der Waals surface area contributed by atoms with Crippen molar-refractivity contribution in [3.8, 4) is 0 Å². The molecule has 1 aromatic rings. The van der Waals surface area contributed by atoms with E-state index in [1.165, 1.54) is 12.8 Å². The number of nitrogens with two attached hydrogens (primary N) is 1. The first-order valence-corrected chi connectivity index (χ1v) is 5.54. The lowest BCUT2D eigenvalue weighted by molar-refractivity contribution is 0.372. The van der Waals surface area contributed by atoms with Crippen molar-refractivity contribution in [1.29, 1.82) is 0 Å². The number of hydrogen-bond acceptors (Lipinski definition) is 4. The molecule has 2 heterocycles. The zero-order chi connectivity index (χ0) is 10.7. The van der Waals surface area contributed by atoms with Crippen LogP contribution in [0.5, 0.6) is 0 Å². The van der Waals surface area contributed by atoms with Crippen LogP contribution in [0.25, 0.3) is 0 Å². The molecule has 1 saturated heterocycles. The van der Waals surface area contributed by atoms with E-state index < -0.39 is 0 Å². The number of nitrogens with zero attached hydrogens (tertiary/aromatic N) is 3. The summed E-state index contributed by atoms with van der Waals surface area (Å²) in [6.07, 6.45) is 5.83. The van der Waals surface area contributed by atoms with Crippen molar-refractivity contribution in [1.82, 2.24) is 9.97 Å². The van der Waals surface area contributed by atoms with Crippen LogP contribution in [0.3, 0.4) is 0 Å². The maximum Gasteiger partial charge on any atom is 0.132 e. The fraction of sp³-hybridized carbons (Fsp3) is 0.636. The van der Waals surface area contributed by atoms with Gasteiger partial charge < -0.3 is 10.6 Å². The van der Waals surface area contributed by atoms with Crippen molar-refractivity contribution in [2.24, 2.45) is 11.7 Å². The van der Waals surface area contributed by atoms with Gasteiger partial charge >= 0.3 is 0 Å². The van der Waals surface area contributed by atoms with E-state index in [2.05, 4.69) is 21.8 Å². The highest BCUT2D eigenvalue weighted by Gasteiger charge is 2.25. The minimum Gasteiger partial charge on any atom is -0.353 e. The van der Waals surface area contributed by atoms with E-state index in [9.17, 15) is 0 Å². The van der Waals surface area contributed by atoms with Gasteiger partial charge in [0.05, 0.1) is 0 Å². The van der Waals surface area contributed by atoms with Gasteiger partial charge in [0.2, 0.25) is 0 Å². The van der Waals surface area contributed by atoms with Crippen molar-refractivity contribution in [2.75, 3.05) is 18.0 Å².